The van der Waals surface area contributed by atoms with Crippen molar-refractivity contribution >= 4 is 22.8 Å². The Morgan fingerprint density at radius 2 is 1.90 bits per heavy atom. The largest absolute Gasteiger partial charge is 0.383 e. The second-order valence-corrected chi connectivity index (χ2v) is 6.67. The van der Waals surface area contributed by atoms with Crippen molar-refractivity contribution in [3.8, 4) is 11.3 Å². The summed E-state index contributed by atoms with van der Waals surface area (Å²) < 4.78 is 35.1. The summed E-state index contributed by atoms with van der Waals surface area (Å²) in [7, 11) is 1.57. The third-order valence-electron chi connectivity index (χ3n) is 4.59. The van der Waals surface area contributed by atoms with E-state index >= 15 is 0 Å². The number of nitrogens with two attached hydrogens (primary N) is 1. The van der Waals surface area contributed by atoms with Crippen LogP contribution in [0.1, 0.15) is 5.56 Å². The summed E-state index contributed by atoms with van der Waals surface area (Å²) in [5.74, 6) is -0.699. The fraction of sp³-hybridized carbons (Fsp3) is 0.190. The number of hydrogen-bond acceptors (Lipinski definition) is 6. The van der Waals surface area contributed by atoms with Crippen LogP contribution in [0.4, 0.5) is 20.5 Å². The van der Waals surface area contributed by atoms with Crippen LogP contribution in [0, 0.1) is 11.6 Å². The van der Waals surface area contributed by atoms with E-state index in [9.17, 15) is 8.78 Å². The Kier molecular flexibility index (Phi) is 5.53. The summed E-state index contributed by atoms with van der Waals surface area (Å²) in [6, 6.07) is 12.8. The number of anilines is 2. The highest BCUT2D eigenvalue weighted by molar-refractivity contribution is 5.99. The van der Waals surface area contributed by atoms with Gasteiger partial charge in [-0.2, -0.15) is 4.98 Å². The van der Waals surface area contributed by atoms with Crippen LogP contribution in [0.2, 0.25) is 0 Å². The van der Waals surface area contributed by atoms with Gasteiger partial charge in [0, 0.05) is 19.2 Å². The summed E-state index contributed by atoms with van der Waals surface area (Å²) in [4.78, 5) is 8.81. The van der Waals surface area contributed by atoms with E-state index in [1.165, 1.54) is 0 Å². The molecule has 0 aliphatic heterocycles. The molecule has 0 spiro atoms. The van der Waals surface area contributed by atoms with Gasteiger partial charge in [0.15, 0.2) is 5.65 Å². The monoisotopic (exact) mass is 410 g/mol. The van der Waals surface area contributed by atoms with Crippen LogP contribution >= 0.6 is 0 Å². The standard InChI is InChI=1S/C21H20F2N6O/c1-30-10-9-25-21-26-18(15-11-14(22)7-8-16(15)23)17-19(24)29(28-20(17)27-21)12-13-5-3-2-4-6-13/h2-8,11H,9-10,12,24H2,1H3,(H,25,27,28). The molecule has 3 N–H and O–H groups in total. The first-order valence-corrected chi connectivity index (χ1v) is 9.33. The van der Waals surface area contributed by atoms with Gasteiger partial charge in [-0.1, -0.05) is 30.3 Å². The number of nitrogens with one attached hydrogen (secondary N) is 1. The van der Waals surface area contributed by atoms with Gasteiger partial charge in [0.2, 0.25) is 5.95 Å². The maximum atomic E-state index is 14.6. The van der Waals surface area contributed by atoms with E-state index in [1.54, 1.807) is 11.8 Å². The van der Waals surface area contributed by atoms with Crippen molar-refractivity contribution in [1.29, 1.82) is 0 Å². The first-order valence-electron chi connectivity index (χ1n) is 9.33. The summed E-state index contributed by atoms with van der Waals surface area (Å²) >= 11 is 0. The van der Waals surface area contributed by atoms with Gasteiger partial charge in [-0.25, -0.2) is 18.4 Å². The molecule has 2 aromatic carbocycles. The first-order chi connectivity index (χ1) is 14.6. The van der Waals surface area contributed by atoms with Crippen molar-refractivity contribution in [1.82, 2.24) is 19.7 Å². The minimum absolute atomic E-state index is 0.0110. The van der Waals surface area contributed by atoms with Crippen molar-refractivity contribution in [3.05, 3.63) is 65.7 Å². The van der Waals surface area contributed by atoms with Crippen LogP contribution in [0.3, 0.4) is 0 Å². The van der Waals surface area contributed by atoms with Crippen molar-refractivity contribution in [2.45, 2.75) is 6.54 Å². The van der Waals surface area contributed by atoms with E-state index in [0.717, 1.165) is 23.8 Å². The van der Waals surface area contributed by atoms with E-state index in [1.807, 2.05) is 30.3 Å². The van der Waals surface area contributed by atoms with Crippen LogP contribution in [0.5, 0.6) is 0 Å². The molecule has 0 fully saturated rings. The molecule has 0 aliphatic carbocycles. The highest BCUT2D eigenvalue weighted by Gasteiger charge is 2.21. The van der Waals surface area contributed by atoms with Gasteiger partial charge >= 0.3 is 0 Å². The number of aromatic nitrogens is 4. The van der Waals surface area contributed by atoms with Gasteiger partial charge in [-0.05, 0) is 23.8 Å². The molecule has 0 saturated heterocycles. The van der Waals surface area contributed by atoms with Gasteiger partial charge in [-0.3, -0.25) is 0 Å². The van der Waals surface area contributed by atoms with Crippen molar-refractivity contribution in [2.24, 2.45) is 0 Å². The smallest absolute Gasteiger partial charge is 0.225 e. The lowest BCUT2D eigenvalue weighted by molar-refractivity contribution is 0.210. The molecule has 0 unspecified atom stereocenters. The summed E-state index contributed by atoms with van der Waals surface area (Å²) in [5, 5.41) is 7.86. The maximum absolute atomic E-state index is 14.6. The zero-order valence-electron chi connectivity index (χ0n) is 16.3. The third-order valence-corrected chi connectivity index (χ3v) is 4.59. The number of benzene rings is 2. The van der Waals surface area contributed by atoms with Crippen LogP contribution in [-0.4, -0.2) is 40.0 Å². The normalized spacial score (nSPS) is 11.2. The van der Waals surface area contributed by atoms with Crippen molar-refractivity contribution in [3.63, 3.8) is 0 Å². The molecule has 7 nitrogen and oxygen atoms in total. The molecular weight excluding hydrogens is 390 g/mol. The molecule has 0 aliphatic rings. The maximum Gasteiger partial charge on any atom is 0.225 e. The predicted octanol–water partition coefficient (Wildman–Crippen LogP) is 3.46. The predicted molar refractivity (Wildman–Crippen MR) is 111 cm³/mol. The summed E-state index contributed by atoms with van der Waals surface area (Å²) in [6.45, 7) is 1.27. The minimum atomic E-state index is -0.616. The zero-order chi connectivity index (χ0) is 21.1. The van der Waals surface area contributed by atoms with E-state index in [0.29, 0.717) is 25.1 Å². The van der Waals surface area contributed by atoms with Crippen molar-refractivity contribution < 1.29 is 13.5 Å². The lowest BCUT2D eigenvalue weighted by Gasteiger charge is -2.09. The fourth-order valence-electron chi connectivity index (χ4n) is 3.15. The number of fused-ring (bicyclic) bond motifs is 1. The number of nitrogens with zero attached hydrogens (tertiary/aromatic N) is 4. The molecule has 0 bridgehead atoms. The molecule has 2 aromatic heterocycles. The molecular formula is C21H20F2N6O. The Hall–Kier alpha value is -3.59. The Balaban J connectivity index is 1.87. The Bertz CT molecular complexity index is 1180. The van der Waals surface area contributed by atoms with Gasteiger partial charge in [0.25, 0.3) is 0 Å². The number of ether oxygens (including phenoxy) is 1. The number of hydrogen-bond donors (Lipinski definition) is 2. The molecule has 0 atom stereocenters. The highest BCUT2D eigenvalue weighted by atomic mass is 19.1. The van der Waals surface area contributed by atoms with Crippen LogP contribution in [-0.2, 0) is 11.3 Å². The fourth-order valence-corrected chi connectivity index (χ4v) is 3.15. The first kappa shape index (κ1) is 19.7. The quantitative estimate of drug-likeness (QED) is 0.454. The second-order valence-electron chi connectivity index (χ2n) is 6.67. The van der Waals surface area contributed by atoms with Crippen LogP contribution in [0.15, 0.2) is 48.5 Å². The molecule has 4 aromatic rings. The third kappa shape index (κ3) is 3.92. The Morgan fingerprint density at radius 3 is 2.67 bits per heavy atom. The van der Waals surface area contributed by atoms with E-state index < -0.39 is 11.6 Å². The number of nitrogen functional groups attached to an aromatic ring is 1. The minimum Gasteiger partial charge on any atom is -0.383 e. The molecule has 30 heavy (non-hydrogen) atoms. The SMILES string of the molecule is COCCNc1nc(-c2cc(F)ccc2F)c2c(N)n(Cc3ccccc3)nc2n1. The molecule has 0 amide bonds. The topological polar surface area (TPSA) is 90.9 Å². The molecule has 2 heterocycles. The molecule has 0 radical (unpaired) electrons. The molecule has 9 heteroatoms. The van der Waals surface area contributed by atoms with E-state index in [-0.39, 0.29) is 28.7 Å². The van der Waals surface area contributed by atoms with E-state index in [2.05, 4.69) is 20.4 Å². The van der Waals surface area contributed by atoms with Crippen LogP contribution in [0.25, 0.3) is 22.3 Å². The van der Waals surface area contributed by atoms with Crippen molar-refractivity contribution in [2.75, 3.05) is 31.3 Å². The van der Waals surface area contributed by atoms with Gasteiger partial charge < -0.3 is 15.8 Å². The summed E-state index contributed by atoms with van der Waals surface area (Å²) in [5.41, 5.74) is 7.79. The lowest BCUT2D eigenvalue weighted by Crippen LogP contribution is -2.11. The number of rotatable bonds is 7. The van der Waals surface area contributed by atoms with E-state index in [4.69, 9.17) is 10.5 Å². The molecule has 154 valence electrons. The highest BCUT2D eigenvalue weighted by Crippen LogP contribution is 2.33. The average Bonchev–Trinajstić information content (AvgIpc) is 3.05. The number of halogens is 2. The molecule has 0 saturated carbocycles. The van der Waals surface area contributed by atoms with Gasteiger partial charge in [0.05, 0.1) is 24.2 Å². The van der Waals surface area contributed by atoms with Gasteiger partial charge in [-0.15, -0.1) is 5.10 Å². The zero-order valence-corrected chi connectivity index (χ0v) is 16.3. The van der Waals surface area contributed by atoms with Crippen LogP contribution < -0.4 is 11.1 Å². The lowest BCUT2D eigenvalue weighted by atomic mass is 10.1. The Labute approximate surface area is 171 Å². The average molecular weight is 410 g/mol. The molecule has 4 rings (SSSR count). The second kappa shape index (κ2) is 8.42. The van der Waals surface area contributed by atoms with Gasteiger partial charge in [0.1, 0.15) is 17.5 Å². The summed E-state index contributed by atoms with van der Waals surface area (Å²) in [6.07, 6.45) is 0. The number of methoxy groups -OCH3 is 1. The Morgan fingerprint density at radius 1 is 1.10 bits per heavy atom.